The Morgan fingerprint density at radius 1 is 1.18 bits per heavy atom. The van der Waals surface area contributed by atoms with Crippen molar-refractivity contribution >= 4 is 35.1 Å². The molecule has 1 atom stereocenters. The molecule has 2 aromatic rings. The first-order chi connectivity index (χ1) is 13.5. The van der Waals surface area contributed by atoms with Crippen LogP contribution in [0.15, 0.2) is 30.5 Å². The van der Waals surface area contributed by atoms with Crippen LogP contribution in [0.1, 0.15) is 41.4 Å². The van der Waals surface area contributed by atoms with Gasteiger partial charge in [-0.3, -0.25) is 4.79 Å². The molecule has 1 N–H and O–H groups in total. The lowest BCUT2D eigenvalue weighted by molar-refractivity contribution is 0.0937. The van der Waals surface area contributed by atoms with Gasteiger partial charge in [0, 0.05) is 24.7 Å². The number of halogens is 2. The van der Waals surface area contributed by atoms with Crippen molar-refractivity contribution in [3.8, 4) is 0 Å². The zero-order chi connectivity index (χ0) is 20.1. The van der Waals surface area contributed by atoms with E-state index in [1.165, 1.54) is 12.6 Å². The van der Waals surface area contributed by atoms with E-state index in [4.69, 9.17) is 23.2 Å². The first kappa shape index (κ1) is 20.8. The number of rotatable bonds is 6. The van der Waals surface area contributed by atoms with Crippen LogP contribution in [0.3, 0.4) is 0 Å². The van der Waals surface area contributed by atoms with Crippen LogP contribution < -0.4 is 10.2 Å². The largest absolute Gasteiger partial charge is 0.349 e. The van der Waals surface area contributed by atoms with Crippen LogP contribution in [0.2, 0.25) is 10.0 Å². The molecule has 1 aliphatic heterocycles. The van der Waals surface area contributed by atoms with E-state index in [0.29, 0.717) is 17.5 Å². The normalized spacial score (nSPS) is 15.5. The van der Waals surface area contributed by atoms with E-state index >= 15 is 0 Å². The molecule has 6 nitrogen and oxygen atoms in total. The molecule has 0 spiro atoms. The number of hydrogen-bond acceptors (Lipinski definition) is 5. The van der Waals surface area contributed by atoms with E-state index in [-0.39, 0.29) is 22.7 Å². The summed E-state index contributed by atoms with van der Waals surface area (Å²) < 4.78 is 0. The highest BCUT2D eigenvalue weighted by atomic mass is 35.5. The average Bonchev–Trinajstić information content (AvgIpc) is 2.70. The summed E-state index contributed by atoms with van der Waals surface area (Å²) in [4.78, 5) is 25.7. The monoisotopic (exact) mass is 421 g/mol. The second kappa shape index (κ2) is 9.54. The maximum atomic E-state index is 12.8. The maximum Gasteiger partial charge on any atom is 0.271 e. The molecule has 0 unspecified atom stereocenters. The van der Waals surface area contributed by atoms with Crippen LogP contribution in [0.4, 0.5) is 5.95 Å². The van der Waals surface area contributed by atoms with Gasteiger partial charge in [0.1, 0.15) is 0 Å². The van der Waals surface area contributed by atoms with Gasteiger partial charge < -0.3 is 15.1 Å². The van der Waals surface area contributed by atoms with E-state index in [2.05, 4.69) is 20.2 Å². The van der Waals surface area contributed by atoms with Gasteiger partial charge in [0.25, 0.3) is 5.91 Å². The highest BCUT2D eigenvalue weighted by Gasteiger charge is 2.21. The van der Waals surface area contributed by atoms with E-state index in [9.17, 15) is 4.79 Å². The molecule has 150 valence electrons. The summed E-state index contributed by atoms with van der Waals surface area (Å²) in [6.07, 6.45) is 4.95. The Morgan fingerprint density at radius 2 is 1.86 bits per heavy atom. The minimum Gasteiger partial charge on any atom is -0.349 e. The third-order valence-electron chi connectivity index (χ3n) is 4.92. The maximum absolute atomic E-state index is 12.8. The number of carbonyl (C=O) groups is 1. The molecule has 1 fully saturated rings. The van der Waals surface area contributed by atoms with Crippen LogP contribution in [0, 0.1) is 0 Å². The Bertz CT molecular complexity index is 807. The Morgan fingerprint density at radius 3 is 2.50 bits per heavy atom. The van der Waals surface area contributed by atoms with Gasteiger partial charge in [0.2, 0.25) is 5.95 Å². The number of carbonyl (C=O) groups excluding carboxylic acids is 1. The minimum absolute atomic E-state index is 0.00314. The number of piperidine rings is 1. The topological polar surface area (TPSA) is 61.4 Å². The second-order valence-corrected chi connectivity index (χ2v) is 8.00. The van der Waals surface area contributed by atoms with Crippen molar-refractivity contribution < 1.29 is 4.79 Å². The predicted molar refractivity (Wildman–Crippen MR) is 113 cm³/mol. The van der Waals surface area contributed by atoms with E-state index < -0.39 is 0 Å². The smallest absolute Gasteiger partial charge is 0.271 e. The number of hydrogen-bond donors (Lipinski definition) is 1. The number of anilines is 1. The van der Waals surface area contributed by atoms with Gasteiger partial charge in [0.05, 0.1) is 17.3 Å². The molecule has 0 aliphatic carbocycles. The lowest BCUT2D eigenvalue weighted by Crippen LogP contribution is -2.36. The van der Waals surface area contributed by atoms with Gasteiger partial charge in [-0.1, -0.05) is 35.3 Å². The Hall–Kier alpha value is -1.89. The third-order valence-corrected chi connectivity index (χ3v) is 5.45. The molecule has 1 amide bonds. The molecule has 2 heterocycles. The van der Waals surface area contributed by atoms with Crippen molar-refractivity contribution in [1.29, 1.82) is 0 Å². The van der Waals surface area contributed by atoms with Crippen LogP contribution >= 0.6 is 23.2 Å². The molecule has 1 aromatic carbocycles. The van der Waals surface area contributed by atoms with Crippen molar-refractivity contribution in [2.24, 2.45) is 0 Å². The van der Waals surface area contributed by atoms with Crippen molar-refractivity contribution in [3.63, 3.8) is 0 Å². The van der Waals surface area contributed by atoms with Crippen molar-refractivity contribution in [3.05, 3.63) is 51.8 Å². The number of likely N-dealkylation sites (N-methyl/N-ethyl adjacent to an activating group) is 1. The van der Waals surface area contributed by atoms with E-state index in [1.807, 2.05) is 43.3 Å². The second-order valence-electron chi connectivity index (χ2n) is 7.16. The van der Waals surface area contributed by atoms with E-state index in [0.717, 1.165) is 31.5 Å². The lowest BCUT2D eigenvalue weighted by Gasteiger charge is -2.27. The molecular weight excluding hydrogens is 397 g/mol. The number of amides is 1. The molecule has 3 rings (SSSR count). The molecule has 1 saturated heterocycles. The van der Waals surface area contributed by atoms with Crippen molar-refractivity contribution in [2.45, 2.75) is 25.3 Å². The Balaban J connectivity index is 1.71. The molecule has 8 heteroatoms. The van der Waals surface area contributed by atoms with Gasteiger partial charge in [-0.05, 0) is 51.1 Å². The summed E-state index contributed by atoms with van der Waals surface area (Å²) in [5, 5.41) is 3.90. The van der Waals surface area contributed by atoms with Gasteiger partial charge in [0.15, 0.2) is 5.69 Å². The van der Waals surface area contributed by atoms with Gasteiger partial charge >= 0.3 is 0 Å². The van der Waals surface area contributed by atoms with Crippen molar-refractivity contribution in [2.75, 3.05) is 38.6 Å². The van der Waals surface area contributed by atoms with Crippen LogP contribution in [0.25, 0.3) is 0 Å². The summed E-state index contributed by atoms with van der Waals surface area (Å²) in [7, 11) is 3.94. The molecule has 1 aromatic heterocycles. The summed E-state index contributed by atoms with van der Waals surface area (Å²) >= 11 is 12.2. The number of aromatic nitrogens is 2. The molecule has 28 heavy (non-hydrogen) atoms. The quantitative estimate of drug-likeness (QED) is 0.767. The Kier molecular flexibility index (Phi) is 7.10. The zero-order valence-electron chi connectivity index (χ0n) is 16.2. The fourth-order valence-electron chi connectivity index (χ4n) is 3.32. The molecule has 1 aliphatic rings. The first-order valence-electron chi connectivity index (χ1n) is 9.43. The minimum atomic E-state index is -0.300. The van der Waals surface area contributed by atoms with E-state index in [1.54, 1.807) is 0 Å². The summed E-state index contributed by atoms with van der Waals surface area (Å²) in [6.45, 7) is 2.23. The fourth-order valence-corrected chi connectivity index (χ4v) is 3.62. The van der Waals surface area contributed by atoms with Crippen LogP contribution in [-0.4, -0.2) is 54.5 Å². The predicted octanol–water partition coefficient (Wildman–Crippen LogP) is 3.81. The molecule has 0 saturated carbocycles. The average molecular weight is 422 g/mol. The standard InChI is InChI=1S/C20H25Cl2N5O/c1-26(2)17(14-6-8-15(21)9-7-14)13-23-19(28)18-16(22)12-24-20(25-18)27-10-4-3-5-11-27/h6-9,12,17H,3-5,10-11,13H2,1-2H3,(H,23,28)/t17-/m0/s1. The van der Waals surface area contributed by atoms with Crippen molar-refractivity contribution in [1.82, 2.24) is 20.2 Å². The van der Waals surface area contributed by atoms with Gasteiger partial charge in [-0.15, -0.1) is 0 Å². The fraction of sp³-hybridized carbons (Fsp3) is 0.450. The van der Waals surface area contributed by atoms with Crippen LogP contribution in [-0.2, 0) is 0 Å². The molecule has 0 bridgehead atoms. The first-order valence-corrected chi connectivity index (χ1v) is 10.2. The highest BCUT2D eigenvalue weighted by Crippen LogP contribution is 2.22. The lowest BCUT2D eigenvalue weighted by atomic mass is 10.1. The number of nitrogens with zero attached hydrogens (tertiary/aromatic N) is 4. The van der Waals surface area contributed by atoms with Crippen LogP contribution in [0.5, 0.6) is 0 Å². The SMILES string of the molecule is CN(C)[C@@H](CNC(=O)c1nc(N2CCCCC2)ncc1Cl)c1ccc(Cl)cc1. The molecule has 0 radical (unpaired) electrons. The Labute approximate surface area is 175 Å². The number of nitrogens with one attached hydrogen (secondary N) is 1. The summed E-state index contributed by atoms with van der Waals surface area (Å²) in [6, 6.07) is 7.63. The number of benzene rings is 1. The van der Waals surface area contributed by atoms with Gasteiger partial charge in [-0.2, -0.15) is 0 Å². The molecular formula is C20H25Cl2N5O. The zero-order valence-corrected chi connectivity index (χ0v) is 17.7. The highest BCUT2D eigenvalue weighted by molar-refractivity contribution is 6.33. The van der Waals surface area contributed by atoms with Gasteiger partial charge in [-0.25, -0.2) is 9.97 Å². The summed E-state index contributed by atoms with van der Waals surface area (Å²) in [5.74, 6) is 0.266. The summed E-state index contributed by atoms with van der Waals surface area (Å²) in [5.41, 5.74) is 1.28. The third kappa shape index (κ3) is 5.13.